The van der Waals surface area contributed by atoms with E-state index in [1.807, 2.05) is 7.05 Å². The second-order valence-electron chi connectivity index (χ2n) is 19.6. The van der Waals surface area contributed by atoms with Gasteiger partial charge in [0, 0.05) is 17.8 Å². The predicted molar refractivity (Wildman–Crippen MR) is 189 cm³/mol. The molecule has 2 N–H and O–H groups in total. The summed E-state index contributed by atoms with van der Waals surface area (Å²) in [5, 5.41) is 13.2. The first-order valence-corrected chi connectivity index (χ1v) is 19.4. The molecule has 6 aliphatic rings. The third-order valence-electron chi connectivity index (χ3n) is 15.9. The molecule has 1 heterocycles. The minimum Gasteiger partial charge on any atom is -0.481 e. The van der Waals surface area contributed by atoms with Crippen molar-refractivity contribution in [1.29, 1.82) is 0 Å². The van der Waals surface area contributed by atoms with Crippen LogP contribution in [0, 0.1) is 50.7 Å². The number of likely N-dealkylation sites (N-methyl/N-ethyl adjacent to an activating group) is 1. The van der Waals surface area contributed by atoms with E-state index < -0.39 is 22.9 Å². The molecule has 8 nitrogen and oxygen atoms in total. The van der Waals surface area contributed by atoms with Crippen LogP contribution in [-0.4, -0.2) is 64.9 Å². The molecule has 9 atom stereocenters. The number of amides is 1. The van der Waals surface area contributed by atoms with Crippen molar-refractivity contribution in [2.24, 2.45) is 50.7 Å². The van der Waals surface area contributed by atoms with E-state index in [0.29, 0.717) is 24.0 Å². The van der Waals surface area contributed by atoms with Gasteiger partial charge in [0.1, 0.15) is 11.9 Å². The number of carboxylic acids is 1. The van der Waals surface area contributed by atoms with Crippen LogP contribution in [-0.2, 0) is 23.9 Å². The normalized spacial score (nSPS) is 41.9. The first-order valence-electron chi connectivity index (χ1n) is 19.4. The Bertz CT molecular complexity index is 1450. The van der Waals surface area contributed by atoms with Gasteiger partial charge < -0.3 is 15.2 Å². The summed E-state index contributed by atoms with van der Waals surface area (Å²) in [7, 11) is 2.04. The van der Waals surface area contributed by atoms with Gasteiger partial charge in [0.2, 0.25) is 5.91 Å². The molecule has 6 rings (SSSR count). The van der Waals surface area contributed by atoms with Gasteiger partial charge in [-0.25, -0.2) is 0 Å². The van der Waals surface area contributed by atoms with Crippen molar-refractivity contribution >= 4 is 23.6 Å². The number of hydrogen-bond donors (Lipinski definition) is 2. The van der Waals surface area contributed by atoms with Crippen molar-refractivity contribution in [3.05, 3.63) is 11.1 Å². The summed E-state index contributed by atoms with van der Waals surface area (Å²) in [6.45, 7) is 20.6. The van der Waals surface area contributed by atoms with Gasteiger partial charge in [0.15, 0.2) is 0 Å². The smallest absolute Gasteiger partial charge is 0.309 e. The number of esters is 1. The number of nitrogens with zero attached hydrogens (tertiary/aromatic N) is 1. The summed E-state index contributed by atoms with van der Waals surface area (Å²) in [5.41, 5.74) is 0.838. The average Bonchev–Trinajstić information content (AvgIpc) is 3.54. The zero-order chi connectivity index (χ0) is 36.1. The second kappa shape index (κ2) is 11.9. The minimum atomic E-state index is -1.16. The number of ketones is 1. The van der Waals surface area contributed by atoms with Crippen LogP contribution < -0.4 is 5.32 Å². The number of rotatable bonds is 7. The lowest BCUT2D eigenvalue weighted by Crippen LogP contribution is -2.65. The van der Waals surface area contributed by atoms with Crippen LogP contribution in [0.25, 0.3) is 0 Å². The zero-order valence-electron chi connectivity index (χ0n) is 32.1. The number of likely N-dealkylation sites (tertiary alicyclic amines) is 1. The number of allylic oxidation sites excluding steroid dienone is 1. The number of carbonyl (C=O) groups is 4. The van der Waals surface area contributed by atoms with Crippen LogP contribution in [0.15, 0.2) is 11.1 Å². The maximum atomic E-state index is 14.0. The van der Waals surface area contributed by atoms with Crippen molar-refractivity contribution in [2.45, 2.75) is 157 Å². The number of carbonyl (C=O) groups excluding carboxylic acids is 3. The molecule has 0 aromatic rings. The van der Waals surface area contributed by atoms with E-state index in [-0.39, 0.29) is 58.0 Å². The highest BCUT2D eigenvalue weighted by Crippen LogP contribution is 2.75. The topological polar surface area (TPSA) is 113 Å². The zero-order valence-corrected chi connectivity index (χ0v) is 32.1. The second-order valence-corrected chi connectivity index (χ2v) is 19.6. The molecular formula is C41H64N2O6. The molecule has 0 spiro atoms. The lowest BCUT2D eigenvalue weighted by molar-refractivity contribution is -0.214. The summed E-state index contributed by atoms with van der Waals surface area (Å²) in [5.74, 6) is -0.112. The monoisotopic (exact) mass is 680 g/mol. The van der Waals surface area contributed by atoms with E-state index in [9.17, 15) is 24.3 Å². The van der Waals surface area contributed by atoms with Crippen molar-refractivity contribution in [2.75, 3.05) is 13.6 Å². The maximum Gasteiger partial charge on any atom is 0.309 e. The minimum absolute atomic E-state index is 0.0406. The van der Waals surface area contributed by atoms with Crippen LogP contribution in [0.1, 0.15) is 139 Å². The molecule has 5 aliphatic carbocycles. The van der Waals surface area contributed by atoms with Crippen LogP contribution in [0.4, 0.5) is 0 Å². The van der Waals surface area contributed by atoms with Crippen LogP contribution in [0.5, 0.6) is 0 Å². The summed E-state index contributed by atoms with van der Waals surface area (Å²) >= 11 is 0. The van der Waals surface area contributed by atoms with Crippen molar-refractivity contribution in [3.63, 3.8) is 0 Å². The highest BCUT2D eigenvalue weighted by Gasteiger charge is 2.69. The number of fused-ring (bicyclic) bond motifs is 6. The highest BCUT2D eigenvalue weighted by atomic mass is 16.5. The number of Topliss-reactive ketones (excluding diaryl/α,β-unsaturated/α-hetero) is 1. The predicted octanol–water partition coefficient (Wildman–Crippen LogP) is 7.34. The van der Waals surface area contributed by atoms with Crippen LogP contribution in [0.3, 0.4) is 0 Å². The van der Waals surface area contributed by atoms with Gasteiger partial charge in [-0.2, -0.15) is 0 Å². The first kappa shape index (κ1) is 36.6. The molecule has 0 aromatic carbocycles. The molecule has 1 amide bonds. The van der Waals surface area contributed by atoms with Gasteiger partial charge in [0.05, 0.1) is 23.4 Å². The van der Waals surface area contributed by atoms with E-state index in [1.54, 1.807) is 13.8 Å². The van der Waals surface area contributed by atoms with Gasteiger partial charge in [0.25, 0.3) is 0 Å². The Kier molecular flexibility index (Phi) is 8.89. The quantitative estimate of drug-likeness (QED) is 0.214. The van der Waals surface area contributed by atoms with E-state index in [1.165, 1.54) is 11.1 Å². The Hall–Kier alpha value is -2.22. The van der Waals surface area contributed by atoms with E-state index in [0.717, 1.165) is 70.8 Å². The molecule has 0 bridgehead atoms. The number of ether oxygens (including phenoxy) is 1. The number of nitrogens with one attached hydrogen (secondary N) is 1. The molecular weight excluding hydrogens is 616 g/mol. The van der Waals surface area contributed by atoms with Gasteiger partial charge in [-0.05, 0) is 131 Å². The molecule has 0 radical (unpaired) electrons. The number of hydrogen-bond acceptors (Lipinski definition) is 6. The summed E-state index contributed by atoms with van der Waals surface area (Å²) in [4.78, 5) is 54.8. The Balaban J connectivity index is 1.32. The van der Waals surface area contributed by atoms with Crippen molar-refractivity contribution < 1.29 is 29.0 Å². The van der Waals surface area contributed by atoms with Gasteiger partial charge in [-0.15, -0.1) is 0 Å². The molecule has 274 valence electrons. The fourth-order valence-electron chi connectivity index (χ4n) is 13.0. The van der Waals surface area contributed by atoms with E-state index >= 15 is 0 Å². The number of carboxylic acid groups (broad SMARTS) is 1. The van der Waals surface area contributed by atoms with Crippen LogP contribution in [0.2, 0.25) is 0 Å². The molecule has 8 heteroatoms. The Morgan fingerprint density at radius 1 is 0.980 bits per heavy atom. The molecule has 1 aliphatic heterocycles. The first-order chi connectivity index (χ1) is 22.6. The lowest BCUT2D eigenvalue weighted by Gasteiger charge is -2.70. The Morgan fingerprint density at radius 3 is 2.29 bits per heavy atom. The standard InChI is InChI=1S/C41H64N2O6/c1-24(2)32-27(44)22-41(42-34(46)26-12-11-21-43(26)10)20-19-39(8)25(33(32)41)13-14-29-38(7)17-16-30(49-31(45)23-36(3,4)35(47)48)37(5,6)28(38)15-18-40(29,39)9/h24,26,28-30,32H,11-23H2,1-10H3,(H,42,46)(H,47,48)/t26-,28+,29-,30+,32?,38+,39-,40-,41-/m1/s1. The average molecular weight is 681 g/mol. The largest absolute Gasteiger partial charge is 0.481 e. The summed E-state index contributed by atoms with van der Waals surface area (Å²) in [6.07, 6.45) is 9.67. The molecule has 4 saturated carbocycles. The Morgan fingerprint density at radius 2 is 1.67 bits per heavy atom. The molecule has 0 aromatic heterocycles. The lowest BCUT2D eigenvalue weighted by atomic mass is 9.34. The summed E-state index contributed by atoms with van der Waals surface area (Å²) < 4.78 is 6.15. The van der Waals surface area contributed by atoms with Crippen LogP contribution >= 0.6 is 0 Å². The summed E-state index contributed by atoms with van der Waals surface area (Å²) in [6, 6.07) is -0.118. The maximum absolute atomic E-state index is 14.0. The third-order valence-corrected chi connectivity index (χ3v) is 15.9. The molecule has 1 saturated heterocycles. The van der Waals surface area contributed by atoms with E-state index in [4.69, 9.17) is 4.74 Å². The molecule has 1 unspecified atom stereocenters. The molecule has 49 heavy (non-hydrogen) atoms. The van der Waals surface area contributed by atoms with Gasteiger partial charge >= 0.3 is 11.9 Å². The number of aliphatic carboxylic acids is 1. The fraction of sp³-hybridized carbons (Fsp3) is 0.854. The highest BCUT2D eigenvalue weighted by molar-refractivity contribution is 5.93. The third kappa shape index (κ3) is 5.37. The fourth-order valence-corrected chi connectivity index (χ4v) is 13.0. The molecule has 5 fully saturated rings. The van der Waals surface area contributed by atoms with Gasteiger partial charge in [-0.1, -0.05) is 54.0 Å². The SMILES string of the molecule is CC(C)C1C(=O)C[C@]2(NC(=O)[C@H]3CCCN3C)CC[C@]3(C)C(=C12)CC[C@@H]1[C@@]2(C)CC[C@H](OC(=O)CC(C)(C)C(=O)O)C(C)(C)[C@@H]2CC[C@]13C. The van der Waals surface area contributed by atoms with Gasteiger partial charge in [-0.3, -0.25) is 24.1 Å². The Labute approximate surface area is 294 Å². The van der Waals surface area contributed by atoms with Crippen molar-refractivity contribution in [1.82, 2.24) is 10.2 Å². The van der Waals surface area contributed by atoms with Crippen molar-refractivity contribution in [3.8, 4) is 0 Å². The van der Waals surface area contributed by atoms with E-state index in [2.05, 4.69) is 58.7 Å².